The van der Waals surface area contributed by atoms with E-state index in [4.69, 9.17) is 35.9 Å². The van der Waals surface area contributed by atoms with E-state index in [1.165, 1.54) is 46.1 Å². The van der Waals surface area contributed by atoms with Gasteiger partial charge in [0.05, 0.1) is 81.5 Å². The molecule has 0 unspecified atom stereocenters. The van der Waals surface area contributed by atoms with Crippen molar-refractivity contribution in [1.82, 2.24) is 58.7 Å². The zero-order chi connectivity index (χ0) is 103. The Hall–Kier alpha value is -10.8. The van der Waals surface area contributed by atoms with Gasteiger partial charge < -0.3 is 49.1 Å². The highest BCUT2D eigenvalue weighted by Gasteiger charge is 2.44. The molecule has 3 aliphatic rings. The van der Waals surface area contributed by atoms with E-state index in [9.17, 15) is 54.1 Å². The Morgan fingerprint density at radius 2 is 0.671 bits per heavy atom. The predicted molar refractivity (Wildman–Crippen MR) is 568 cm³/mol. The molecule has 0 fully saturated rings. The largest absolute Gasteiger partial charge is 0.415 e. The Bertz CT molecular complexity index is 5730. The van der Waals surface area contributed by atoms with Crippen LogP contribution in [0.15, 0.2) is 146 Å². The number of hydrogen-bond donors (Lipinski definition) is 2. The summed E-state index contributed by atoms with van der Waals surface area (Å²) >= 11 is 6.15. The fraction of sp³-hybridized carbons (Fsp3) is 0.528. The molecule has 0 aliphatic carbocycles. The Balaban J connectivity index is 0.000000226. The monoisotopic (exact) mass is 1990 g/mol. The van der Waals surface area contributed by atoms with E-state index in [-0.39, 0.29) is 93.0 Å². The minimum Gasteiger partial charge on any atom is -0.415 e. The van der Waals surface area contributed by atoms with Gasteiger partial charge in [-0.1, -0.05) is 228 Å². The van der Waals surface area contributed by atoms with E-state index in [1.54, 1.807) is 56.4 Å². The zero-order valence-electron chi connectivity index (χ0n) is 87.7. The lowest BCUT2D eigenvalue weighted by molar-refractivity contribution is -0.385. The van der Waals surface area contributed by atoms with Gasteiger partial charge in [-0.15, -0.1) is 0 Å². The first-order chi connectivity index (χ1) is 66.0. The summed E-state index contributed by atoms with van der Waals surface area (Å²) < 4.78 is 18.1. The van der Waals surface area contributed by atoms with E-state index in [1.807, 2.05) is 94.1 Å². The van der Waals surface area contributed by atoms with Crippen molar-refractivity contribution in [2.75, 3.05) is 64.8 Å². The number of aryl methyl sites for hydroxylation is 3. The van der Waals surface area contributed by atoms with Crippen molar-refractivity contribution in [3.8, 4) is 17.1 Å². The molecule has 0 saturated heterocycles. The first-order valence-electron chi connectivity index (χ1n) is 50.2. The Labute approximate surface area is 838 Å². The lowest BCUT2D eigenvalue weighted by atomic mass is 9.93. The van der Waals surface area contributed by atoms with Crippen LogP contribution in [0.5, 0.6) is 0 Å². The number of aliphatic hydroxyl groups excluding tert-OH is 1. The number of non-ortho nitro benzene ring substituents is 2. The molecule has 3 N–H and O–H groups in total. The predicted octanol–water partition coefficient (Wildman–Crippen LogP) is 23.0. The van der Waals surface area contributed by atoms with Gasteiger partial charge in [0.15, 0.2) is 41.1 Å². The van der Waals surface area contributed by atoms with Crippen LogP contribution >= 0.6 is 11.1 Å². The van der Waals surface area contributed by atoms with Gasteiger partial charge in [-0.05, 0) is 202 Å². The number of nitro groups is 2. The van der Waals surface area contributed by atoms with Crippen LogP contribution in [-0.2, 0) is 47.7 Å². The molecule has 3 atom stereocenters. The summed E-state index contributed by atoms with van der Waals surface area (Å²) in [5.41, 5.74) is 18.1. The van der Waals surface area contributed by atoms with Crippen molar-refractivity contribution < 1.29 is 52.6 Å². The number of aliphatic hydroxyl groups is 1. The van der Waals surface area contributed by atoms with E-state index in [0.29, 0.717) is 135 Å². The van der Waals surface area contributed by atoms with Gasteiger partial charge in [0, 0.05) is 106 Å². The number of halogens is 1. The molecule has 0 radical (unpaired) electrons. The van der Waals surface area contributed by atoms with Crippen LogP contribution in [0.2, 0.25) is 54.4 Å². The molecule has 140 heavy (non-hydrogen) atoms. The van der Waals surface area contributed by atoms with Crippen LogP contribution in [0.25, 0.3) is 17.1 Å². The number of nitrogen functional groups attached to an aromatic ring is 1. The molecule has 3 aromatic heterocycles. The molecule has 0 bridgehead atoms. The highest BCUT2D eigenvalue weighted by atomic mass is 35.6. The zero-order valence-corrected chi connectivity index (χ0v) is 91.5. The summed E-state index contributed by atoms with van der Waals surface area (Å²) in [6.07, 6.45) is 13.2. The number of fused-ring (bicyclic) bond motifs is 3. The van der Waals surface area contributed by atoms with Gasteiger partial charge in [-0.3, -0.25) is 49.0 Å². The molecule has 28 nitrogen and oxygen atoms in total. The number of carbonyl (C=O) groups excluding carboxylic acids is 6. The van der Waals surface area contributed by atoms with Gasteiger partial charge in [0.1, 0.15) is 0 Å². The number of carbonyl (C=O) groups is 6. The fourth-order valence-corrected chi connectivity index (χ4v) is 18.4. The maximum absolute atomic E-state index is 14.6. The number of nitro benzene ring substituents is 2. The van der Waals surface area contributed by atoms with Crippen LogP contribution in [0.4, 0.5) is 17.1 Å². The number of benzene rings is 6. The standard InChI is InChI=1S/C36H51N5O5Si.C36H53N5O3Si.C30H37N5O5.C6H15ClSi/c1-9-11-19-38(20-12-10-2)35(43)32-21-26(3)40(37-32)33-18-17-29(41(44)45)23-31(33)34(42)39-24-28-16-14-13-15-27(28)22-30(39)25-46-47(7,8)36(4,5)6;1-9-11-19-39(20-12-10-2)35(43)32-21-26(3)41(38-32)33-18-17-29(37)23-31(33)34(42)40-24-28-16-14-13-15-27(28)22-30(40)25-44-45(7,8)36(4,5)6;1-4-6-14-32(15-7-5-2)30(38)27-16-21(3)34(31-27)28-13-12-24(35(39)40)18-26(28)29(37)33-19-23-11-9-8-10-22(23)17-25(33)20-36;1-6(2,3)8(4,5)7/h13-18,21,23,30H,9-12,19-20,22,24-25H2,1-8H3;13-18,21,23,30H,9-12,19-20,22,24-25,37H2,1-8H3;8-13,16,18,25,36H,4-7,14-15,17,19-20H2,1-3H3;1-5H3/t2*30-;25-;/m000./s1. The third-order valence-corrected chi connectivity index (χ3v) is 42.6. The summed E-state index contributed by atoms with van der Waals surface area (Å²) in [6.45, 7) is 57.0. The van der Waals surface area contributed by atoms with E-state index < -0.39 is 45.8 Å². The number of hydrogen-bond acceptors (Lipinski definition) is 17. The summed E-state index contributed by atoms with van der Waals surface area (Å²) in [5.74, 6) is -1.30. The highest BCUT2D eigenvalue weighted by Crippen LogP contribution is 2.42. The van der Waals surface area contributed by atoms with Crippen LogP contribution < -0.4 is 5.73 Å². The van der Waals surface area contributed by atoms with Crippen molar-refractivity contribution in [2.45, 2.75) is 313 Å². The number of amides is 6. The van der Waals surface area contributed by atoms with E-state index >= 15 is 0 Å². The molecular weight excluding hydrogens is 1830 g/mol. The number of unbranched alkanes of at least 4 members (excludes halogenated alkanes) is 6. The Morgan fingerprint density at radius 1 is 0.414 bits per heavy atom. The van der Waals surface area contributed by atoms with E-state index in [2.05, 4.69) is 173 Å². The van der Waals surface area contributed by atoms with Crippen molar-refractivity contribution in [3.05, 3.63) is 250 Å². The average Bonchev–Trinajstić information content (AvgIpc) is 1.24. The maximum atomic E-state index is 14.6. The molecule has 9 aromatic rings. The van der Waals surface area contributed by atoms with Gasteiger partial charge in [0.2, 0.25) is 0 Å². The average molecular weight is 1990 g/mol. The summed E-state index contributed by atoms with van der Waals surface area (Å²) in [7, 11) is -5.56. The molecule has 3 aliphatic heterocycles. The molecule has 32 heteroatoms. The van der Waals surface area contributed by atoms with Crippen molar-refractivity contribution >= 4 is 87.6 Å². The van der Waals surface area contributed by atoms with Gasteiger partial charge in [0.25, 0.3) is 46.8 Å². The van der Waals surface area contributed by atoms with Gasteiger partial charge in [-0.2, -0.15) is 26.4 Å². The lowest BCUT2D eigenvalue weighted by Gasteiger charge is -2.41. The molecule has 6 aromatic carbocycles. The van der Waals surface area contributed by atoms with Gasteiger partial charge in [-0.25, -0.2) is 14.0 Å². The summed E-state index contributed by atoms with van der Waals surface area (Å²) in [4.78, 5) is 117. The Kier molecular flexibility index (Phi) is 40.1. The smallest absolute Gasteiger partial charge is 0.274 e. The highest BCUT2D eigenvalue weighted by molar-refractivity contribution is 7.20. The number of anilines is 1. The molecule has 6 amide bonds. The Morgan fingerprint density at radius 3 is 0.929 bits per heavy atom. The normalized spacial score (nSPS) is 14.9. The maximum Gasteiger partial charge on any atom is 0.274 e. The first kappa shape index (κ1) is 113. The van der Waals surface area contributed by atoms with Crippen LogP contribution in [0.1, 0.15) is 294 Å². The minimum absolute atomic E-state index is 0.00293. The third kappa shape index (κ3) is 28.6. The third-order valence-electron chi connectivity index (χ3n) is 28.4. The van der Waals surface area contributed by atoms with Crippen LogP contribution in [-0.4, -0.2) is 210 Å². The number of aromatic nitrogens is 6. The number of nitrogens with two attached hydrogens (primary N) is 1. The summed E-state index contributed by atoms with van der Waals surface area (Å²) in [6, 6.07) is 42.2. The van der Waals surface area contributed by atoms with Gasteiger partial charge >= 0.3 is 0 Å². The quantitative estimate of drug-likeness (QED) is 0.0121. The molecule has 0 saturated carbocycles. The minimum atomic E-state index is -2.13. The van der Waals surface area contributed by atoms with Crippen molar-refractivity contribution in [1.29, 1.82) is 0 Å². The second kappa shape index (κ2) is 49.7. The van der Waals surface area contributed by atoms with Crippen molar-refractivity contribution in [2.24, 2.45) is 0 Å². The van der Waals surface area contributed by atoms with E-state index in [0.717, 1.165) is 111 Å². The fourth-order valence-electron chi connectivity index (χ4n) is 16.3. The molecule has 760 valence electrons. The van der Waals surface area contributed by atoms with Crippen LogP contribution in [0, 0.1) is 41.0 Å². The molecule has 6 heterocycles. The second-order valence-corrected chi connectivity index (χ2v) is 59.1. The topological polar surface area (TPSA) is 326 Å². The SMILES string of the molecule is CC(C)(C)[Si](C)(C)Cl.CCCCN(CCCC)C(=O)c1cc(C)n(-c2ccc(N)cc2C(=O)N2Cc3ccccc3C[C@H]2CO[Si](C)(C)C(C)(C)C)n1.CCCCN(CCCC)C(=O)c1cc(C)n(-c2ccc([N+](=O)[O-])cc2C(=O)N2Cc3ccccc3C[C@H]2CO)n1.CCCCN(CCCC)C(=O)c1cc(C)n(-c2ccc([N+](=O)[O-])cc2C(=O)N2Cc3ccccc3C[C@H]2CO[Si](C)(C)C(C)(C)C)n1. The molecule has 12 rings (SSSR count). The second-order valence-electron chi connectivity index (χ2n) is 42.2. The lowest BCUT2D eigenvalue weighted by Crippen LogP contribution is -2.50. The first-order valence-corrected chi connectivity index (χ1v) is 60.1. The number of rotatable bonds is 36. The number of nitrogens with zero attached hydrogens (tertiary/aromatic N) is 14. The molecular formula is C108H156ClN15O13Si3. The molecule has 0 spiro atoms. The van der Waals surface area contributed by atoms with Crippen LogP contribution in [0.3, 0.4) is 0 Å². The summed E-state index contributed by atoms with van der Waals surface area (Å²) in [5, 5.41) is 48.2. The van der Waals surface area contributed by atoms with Crippen molar-refractivity contribution in [3.63, 3.8) is 0 Å².